The van der Waals surface area contributed by atoms with E-state index in [4.69, 9.17) is 9.47 Å². The summed E-state index contributed by atoms with van der Waals surface area (Å²) in [5, 5.41) is 2.43. The number of amides is 3. The maximum Gasteiger partial charge on any atom is 0.329 e. The SMILES string of the molecule is CCOc1cc(/C=C2/NC(=O)N(CC(=O)OC)C2=O)ccc1OC. The number of nitrogens with zero attached hydrogens (tertiary/aromatic N) is 1. The number of hydrogen-bond donors (Lipinski definition) is 1. The van der Waals surface area contributed by atoms with Crippen molar-refractivity contribution >= 4 is 24.0 Å². The molecule has 1 N–H and O–H groups in total. The lowest BCUT2D eigenvalue weighted by Gasteiger charge is -2.10. The normalized spacial score (nSPS) is 15.5. The highest BCUT2D eigenvalue weighted by atomic mass is 16.5. The van der Waals surface area contributed by atoms with Gasteiger partial charge in [0.15, 0.2) is 11.5 Å². The number of imide groups is 1. The van der Waals surface area contributed by atoms with Crippen molar-refractivity contribution in [1.82, 2.24) is 10.2 Å². The fourth-order valence-electron chi connectivity index (χ4n) is 2.13. The van der Waals surface area contributed by atoms with Crippen molar-refractivity contribution in [3.63, 3.8) is 0 Å². The van der Waals surface area contributed by atoms with Crippen molar-refractivity contribution in [2.75, 3.05) is 27.4 Å². The lowest BCUT2D eigenvalue weighted by Crippen LogP contribution is -2.36. The summed E-state index contributed by atoms with van der Waals surface area (Å²) in [4.78, 5) is 36.1. The van der Waals surface area contributed by atoms with Crippen molar-refractivity contribution in [3.05, 3.63) is 29.5 Å². The van der Waals surface area contributed by atoms with Crippen LogP contribution in [-0.2, 0) is 14.3 Å². The largest absolute Gasteiger partial charge is 0.493 e. The summed E-state index contributed by atoms with van der Waals surface area (Å²) in [5.74, 6) is -0.187. The van der Waals surface area contributed by atoms with Crippen LogP contribution in [0, 0.1) is 0 Å². The number of methoxy groups -OCH3 is 2. The molecule has 24 heavy (non-hydrogen) atoms. The van der Waals surface area contributed by atoms with Crippen LogP contribution in [0.2, 0.25) is 0 Å². The summed E-state index contributed by atoms with van der Waals surface area (Å²) >= 11 is 0. The van der Waals surface area contributed by atoms with Gasteiger partial charge in [0.25, 0.3) is 5.91 Å². The van der Waals surface area contributed by atoms with Gasteiger partial charge in [-0.3, -0.25) is 9.59 Å². The minimum atomic E-state index is -0.678. The fraction of sp³-hybridized carbons (Fsp3) is 0.312. The lowest BCUT2D eigenvalue weighted by atomic mass is 10.1. The predicted molar refractivity (Wildman–Crippen MR) is 84.4 cm³/mol. The Morgan fingerprint density at radius 1 is 1.25 bits per heavy atom. The Labute approximate surface area is 139 Å². The second-order valence-corrected chi connectivity index (χ2v) is 4.80. The molecule has 0 atom stereocenters. The van der Waals surface area contributed by atoms with E-state index in [0.717, 1.165) is 4.90 Å². The van der Waals surface area contributed by atoms with Gasteiger partial charge in [0.2, 0.25) is 0 Å². The second-order valence-electron chi connectivity index (χ2n) is 4.80. The Hall–Kier alpha value is -3.03. The van der Waals surface area contributed by atoms with Crippen LogP contribution in [-0.4, -0.2) is 50.2 Å². The van der Waals surface area contributed by atoms with E-state index in [1.807, 2.05) is 6.92 Å². The van der Waals surface area contributed by atoms with E-state index < -0.39 is 24.5 Å². The van der Waals surface area contributed by atoms with Gasteiger partial charge in [0.1, 0.15) is 12.2 Å². The van der Waals surface area contributed by atoms with Crippen molar-refractivity contribution in [1.29, 1.82) is 0 Å². The number of urea groups is 1. The summed E-state index contributed by atoms with van der Waals surface area (Å²) in [7, 11) is 2.71. The first-order valence-corrected chi connectivity index (χ1v) is 7.22. The molecule has 0 aliphatic carbocycles. The van der Waals surface area contributed by atoms with Crippen molar-refractivity contribution in [2.45, 2.75) is 6.92 Å². The van der Waals surface area contributed by atoms with E-state index in [-0.39, 0.29) is 5.70 Å². The summed E-state index contributed by atoms with van der Waals surface area (Å²) < 4.78 is 15.1. The number of benzene rings is 1. The van der Waals surface area contributed by atoms with E-state index in [9.17, 15) is 14.4 Å². The molecule has 128 valence electrons. The standard InChI is InChI=1S/C16H18N2O6/c1-4-24-13-8-10(5-6-12(13)22-2)7-11-15(20)18(16(21)17-11)9-14(19)23-3/h5-8H,4,9H2,1-3H3,(H,17,21)/b11-7+. The van der Waals surface area contributed by atoms with Gasteiger partial charge < -0.3 is 19.5 Å². The first-order chi connectivity index (χ1) is 11.5. The molecule has 8 heteroatoms. The van der Waals surface area contributed by atoms with Crippen LogP contribution in [0.15, 0.2) is 23.9 Å². The number of carbonyl (C=O) groups is 3. The summed E-state index contributed by atoms with van der Waals surface area (Å²) in [6, 6.07) is 4.44. The molecule has 1 aromatic rings. The predicted octanol–water partition coefficient (Wildman–Crippen LogP) is 1.16. The number of hydrogen-bond acceptors (Lipinski definition) is 6. The molecule has 2 rings (SSSR count). The maximum absolute atomic E-state index is 12.2. The second kappa shape index (κ2) is 7.49. The van der Waals surface area contributed by atoms with Crippen LogP contribution < -0.4 is 14.8 Å². The third kappa shape index (κ3) is 3.65. The maximum atomic E-state index is 12.2. The molecule has 0 radical (unpaired) electrons. The molecule has 1 aliphatic heterocycles. The molecule has 1 saturated heterocycles. The summed E-state index contributed by atoms with van der Waals surface area (Å²) in [6.07, 6.45) is 1.50. The van der Waals surface area contributed by atoms with Gasteiger partial charge in [-0.25, -0.2) is 9.69 Å². The minimum absolute atomic E-state index is 0.0662. The highest BCUT2D eigenvalue weighted by Gasteiger charge is 2.35. The first-order valence-electron chi connectivity index (χ1n) is 7.22. The molecule has 0 aromatic heterocycles. The quantitative estimate of drug-likeness (QED) is 0.477. The molecular formula is C16H18N2O6. The van der Waals surface area contributed by atoms with Gasteiger partial charge in [-0.05, 0) is 30.7 Å². The zero-order valence-corrected chi connectivity index (χ0v) is 13.6. The summed E-state index contributed by atoms with van der Waals surface area (Å²) in [5.41, 5.74) is 0.708. The van der Waals surface area contributed by atoms with Gasteiger partial charge in [0.05, 0.1) is 20.8 Å². The molecule has 8 nitrogen and oxygen atoms in total. The topological polar surface area (TPSA) is 94.2 Å². The zero-order chi connectivity index (χ0) is 17.7. The highest BCUT2D eigenvalue weighted by molar-refractivity contribution is 6.15. The van der Waals surface area contributed by atoms with E-state index in [0.29, 0.717) is 23.7 Å². The fourth-order valence-corrected chi connectivity index (χ4v) is 2.13. The Morgan fingerprint density at radius 2 is 2.00 bits per heavy atom. The van der Waals surface area contributed by atoms with Crippen molar-refractivity contribution in [2.24, 2.45) is 0 Å². The van der Waals surface area contributed by atoms with Gasteiger partial charge in [-0.2, -0.15) is 0 Å². The Kier molecular flexibility index (Phi) is 5.41. The van der Waals surface area contributed by atoms with Crippen molar-refractivity contribution in [3.8, 4) is 11.5 Å². The molecule has 1 fully saturated rings. The third-order valence-corrected chi connectivity index (χ3v) is 3.28. The number of rotatable bonds is 6. The summed E-state index contributed by atoms with van der Waals surface area (Å²) in [6.45, 7) is 1.86. The monoisotopic (exact) mass is 334 g/mol. The van der Waals surface area contributed by atoms with Gasteiger partial charge in [0, 0.05) is 0 Å². The van der Waals surface area contributed by atoms with E-state index >= 15 is 0 Å². The van der Waals surface area contributed by atoms with Gasteiger partial charge >= 0.3 is 12.0 Å². The number of carbonyl (C=O) groups excluding carboxylic acids is 3. The number of esters is 1. The van der Waals surface area contributed by atoms with Crippen LogP contribution in [0.4, 0.5) is 4.79 Å². The zero-order valence-electron chi connectivity index (χ0n) is 13.6. The molecule has 0 unspecified atom stereocenters. The lowest BCUT2D eigenvalue weighted by molar-refractivity contribution is -0.143. The Bertz CT molecular complexity index is 698. The molecule has 1 heterocycles. The van der Waals surface area contributed by atoms with E-state index in [1.165, 1.54) is 20.3 Å². The van der Waals surface area contributed by atoms with Gasteiger partial charge in [-0.15, -0.1) is 0 Å². The Balaban J connectivity index is 2.25. The Morgan fingerprint density at radius 3 is 2.62 bits per heavy atom. The minimum Gasteiger partial charge on any atom is -0.493 e. The third-order valence-electron chi connectivity index (χ3n) is 3.28. The average Bonchev–Trinajstić information content (AvgIpc) is 2.83. The number of nitrogens with one attached hydrogen (secondary N) is 1. The first kappa shape index (κ1) is 17.3. The highest BCUT2D eigenvalue weighted by Crippen LogP contribution is 2.29. The van der Waals surface area contributed by atoms with E-state index in [1.54, 1.807) is 18.2 Å². The molecule has 0 spiro atoms. The molecular weight excluding hydrogens is 316 g/mol. The molecule has 0 bridgehead atoms. The van der Waals surface area contributed by atoms with Crippen LogP contribution in [0.3, 0.4) is 0 Å². The van der Waals surface area contributed by atoms with Crippen LogP contribution >= 0.6 is 0 Å². The smallest absolute Gasteiger partial charge is 0.329 e. The molecule has 1 aliphatic rings. The van der Waals surface area contributed by atoms with E-state index in [2.05, 4.69) is 10.1 Å². The molecule has 1 aromatic carbocycles. The molecule has 3 amide bonds. The molecule has 0 saturated carbocycles. The van der Waals surface area contributed by atoms with Crippen molar-refractivity contribution < 1.29 is 28.6 Å². The van der Waals surface area contributed by atoms with Crippen LogP contribution in [0.25, 0.3) is 6.08 Å². The van der Waals surface area contributed by atoms with Crippen LogP contribution in [0.1, 0.15) is 12.5 Å². The number of ether oxygens (including phenoxy) is 3. The van der Waals surface area contributed by atoms with Crippen LogP contribution in [0.5, 0.6) is 11.5 Å². The van der Waals surface area contributed by atoms with Gasteiger partial charge in [-0.1, -0.05) is 6.07 Å². The average molecular weight is 334 g/mol.